The van der Waals surface area contributed by atoms with Crippen LogP contribution in [0.15, 0.2) is 30.5 Å². The van der Waals surface area contributed by atoms with Crippen molar-refractivity contribution in [1.82, 2.24) is 15.1 Å². The Kier molecular flexibility index (Phi) is 3.83. The minimum absolute atomic E-state index is 0.158. The molecule has 0 saturated heterocycles. The second kappa shape index (κ2) is 5.75. The predicted molar refractivity (Wildman–Crippen MR) is 77.0 cm³/mol. The van der Waals surface area contributed by atoms with E-state index >= 15 is 0 Å². The monoisotopic (exact) mass is 273 g/mol. The van der Waals surface area contributed by atoms with E-state index in [1.54, 1.807) is 12.1 Å². The van der Waals surface area contributed by atoms with E-state index in [4.69, 9.17) is 0 Å². The van der Waals surface area contributed by atoms with Gasteiger partial charge in [-0.1, -0.05) is 12.1 Å². The predicted octanol–water partition coefficient (Wildman–Crippen LogP) is 2.77. The van der Waals surface area contributed by atoms with E-state index in [0.717, 1.165) is 31.4 Å². The third-order valence-corrected chi connectivity index (χ3v) is 4.07. The number of aryl methyl sites for hydroxylation is 1. The highest BCUT2D eigenvalue weighted by Gasteiger charge is 2.22. The van der Waals surface area contributed by atoms with Crippen molar-refractivity contribution < 1.29 is 4.39 Å². The van der Waals surface area contributed by atoms with Crippen molar-refractivity contribution >= 4 is 0 Å². The number of halogens is 1. The second-order valence-corrected chi connectivity index (χ2v) is 5.45. The second-order valence-electron chi connectivity index (χ2n) is 5.45. The van der Waals surface area contributed by atoms with Gasteiger partial charge in [0.25, 0.3) is 0 Å². The summed E-state index contributed by atoms with van der Waals surface area (Å²) in [7, 11) is 2.01. The third kappa shape index (κ3) is 2.75. The molecule has 0 amide bonds. The van der Waals surface area contributed by atoms with Gasteiger partial charge in [-0.3, -0.25) is 4.68 Å². The minimum atomic E-state index is -0.158. The molecule has 1 aromatic carbocycles. The van der Waals surface area contributed by atoms with Gasteiger partial charge in [-0.15, -0.1) is 0 Å². The largest absolute Gasteiger partial charge is 0.309 e. The molecule has 20 heavy (non-hydrogen) atoms. The van der Waals surface area contributed by atoms with Crippen LogP contribution in [0, 0.1) is 5.82 Å². The van der Waals surface area contributed by atoms with Gasteiger partial charge in [0.15, 0.2) is 0 Å². The summed E-state index contributed by atoms with van der Waals surface area (Å²) < 4.78 is 15.1. The summed E-state index contributed by atoms with van der Waals surface area (Å²) >= 11 is 0. The Labute approximate surface area is 118 Å². The van der Waals surface area contributed by atoms with Gasteiger partial charge in [-0.05, 0) is 49.9 Å². The molecule has 0 fully saturated rings. The molecule has 1 heterocycles. The fraction of sp³-hybridized carbons (Fsp3) is 0.438. The molecule has 1 aliphatic carbocycles. The number of hydrogen-bond acceptors (Lipinski definition) is 2. The molecule has 1 atom stereocenters. The summed E-state index contributed by atoms with van der Waals surface area (Å²) in [5.41, 5.74) is 3.72. The Morgan fingerprint density at radius 2 is 2.35 bits per heavy atom. The first-order valence-corrected chi connectivity index (χ1v) is 7.22. The van der Waals surface area contributed by atoms with Gasteiger partial charge in [0.05, 0.1) is 6.20 Å². The zero-order valence-corrected chi connectivity index (χ0v) is 11.8. The lowest BCUT2D eigenvalue weighted by molar-refractivity contribution is 0.455. The first kappa shape index (κ1) is 13.3. The van der Waals surface area contributed by atoms with Crippen molar-refractivity contribution in [2.24, 2.45) is 7.05 Å². The molecule has 1 aromatic heterocycles. The molecule has 1 aliphatic rings. The van der Waals surface area contributed by atoms with E-state index < -0.39 is 0 Å². The van der Waals surface area contributed by atoms with Gasteiger partial charge in [0, 0.05) is 24.3 Å². The standard InChI is InChI=1S/C16H20FN3/c1-20-16-7-3-6-15(14(16)11-19-20)18-9-8-12-4-2-5-13(17)10-12/h2,4-5,10-11,15,18H,3,6-9H2,1H3. The van der Waals surface area contributed by atoms with Crippen molar-refractivity contribution in [3.05, 3.63) is 53.1 Å². The molecule has 0 bridgehead atoms. The summed E-state index contributed by atoms with van der Waals surface area (Å²) in [4.78, 5) is 0. The van der Waals surface area contributed by atoms with Crippen LogP contribution in [0.25, 0.3) is 0 Å². The molecule has 1 N–H and O–H groups in total. The fourth-order valence-electron chi connectivity index (χ4n) is 3.00. The molecule has 1 unspecified atom stereocenters. The van der Waals surface area contributed by atoms with E-state index in [9.17, 15) is 4.39 Å². The van der Waals surface area contributed by atoms with Crippen LogP contribution in [0.1, 0.15) is 35.7 Å². The average Bonchev–Trinajstić information content (AvgIpc) is 2.82. The lowest BCUT2D eigenvalue weighted by Crippen LogP contribution is -2.27. The average molecular weight is 273 g/mol. The third-order valence-electron chi connectivity index (χ3n) is 4.07. The molecule has 0 spiro atoms. The Morgan fingerprint density at radius 3 is 3.20 bits per heavy atom. The molecule has 4 heteroatoms. The Hall–Kier alpha value is -1.68. The summed E-state index contributed by atoms with van der Waals surface area (Å²) in [5, 5.41) is 7.94. The number of rotatable bonds is 4. The molecule has 0 radical (unpaired) electrons. The van der Waals surface area contributed by atoms with Gasteiger partial charge < -0.3 is 5.32 Å². The van der Waals surface area contributed by atoms with E-state index in [0.29, 0.717) is 6.04 Å². The number of nitrogens with one attached hydrogen (secondary N) is 1. The van der Waals surface area contributed by atoms with Gasteiger partial charge in [-0.25, -0.2) is 4.39 Å². The maximum Gasteiger partial charge on any atom is 0.123 e. The summed E-state index contributed by atoms with van der Waals surface area (Å²) in [6.45, 7) is 0.864. The maximum absolute atomic E-state index is 13.1. The highest BCUT2D eigenvalue weighted by atomic mass is 19.1. The van der Waals surface area contributed by atoms with Crippen LogP contribution in [0.4, 0.5) is 4.39 Å². The zero-order chi connectivity index (χ0) is 13.9. The van der Waals surface area contributed by atoms with Gasteiger partial charge in [0.1, 0.15) is 5.82 Å². The Morgan fingerprint density at radius 1 is 1.45 bits per heavy atom. The smallest absolute Gasteiger partial charge is 0.123 e. The summed E-state index contributed by atoms with van der Waals surface area (Å²) in [6.07, 6.45) is 6.30. The molecule has 0 aliphatic heterocycles. The van der Waals surface area contributed by atoms with Crippen LogP contribution in [0.2, 0.25) is 0 Å². The summed E-state index contributed by atoms with van der Waals surface area (Å²) in [6, 6.07) is 7.23. The summed E-state index contributed by atoms with van der Waals surface area (Å²) in [5.74, 6) is -0.158. The van der Waals surface area contributed by atoms with Crippen molar-refractivity contribution in [3.8, 4) is 0 Å². The maximum atomic E-state index is 13.1. The van der Waals surface area contributed by atoms with Crippen LogP contribution in [-0.4, -0.2) is 16.3 Å². The first-order valence-electron chi connectivity index (χ1n) is 7.22. The zero-order valence-electron chi connectivity index (χ0n) is 11.8. The van der Waals surface area contributed by atoms with Gasteiger partial charge in [0.2, 0.25) is 0 Å². The topological polar surface area (TPSA) is 29.9 Å². The van der Waals surface area contributed by atoms with Crippen LogP contribution >= 0.6 is 0 Å². The van der Waals surface area contributed by atoms with E-state index in [2.05, 4.69) is 10.4 Å². The number of aromatic nitrogens is 2. The molecule has 0 saturated carbocycles. The van der Waals surface area contributed by atoms with Crippen LogP contribution in [-0.2, 0) is 19.9 Å². The number of nitrogens with zero attached hydrogens (tertiary/aromatic N) is 2. The van der Waals surface area contributed by atoms with Gasteiger partial charge in [-0.2, -0.15) is 5.10 Å². The Bertz CT molecular complexity index is 591. The SMILES string of the molecule is Cn1ncc2c1CCCC2NCCc1cccc(F)c1. The highest BCUT2D eigenvalue weighted by Crippen LogP contribution is 2.28. The molecular formula is C16H20FN3. The normalized spacial score (nSPS) is 18.0. The number of benzene rings is 1. The first-order chi connectivity index (χ1) is 9.74. The fourth-order valence-corrected chi connectivity index (χ4v) is 3.00. The molecule has 3 nitrogen and oxygen atoms in total. The minimum Gasteiger partial charge on any atom is -0.309 e. The van der Waals surface area contributed by atoms with Crippen LogP contribution in [0.3, 0.4) is 0 Å². The number of hydrogen-bond donors (Lipinski definition) is 1. The van der Waals surface area contributed by atoms with Crippen LogP contribution in [0.5, 0.6) is 0 Å². The molecule has 106 valence electrons. The number of fused-ring (bicyclic) bond motifs is 1. The Balaban J connectivity index is 1.60. The highest BCUT2D eigenvalue weighted by molar-refractivity contribution is 5.25. The molecular weight excluding hydrogens is 253 g/mol. The quantitative estimate of drug-likeness (QED) is 0.928. The lowest BCUT2D eigenvalue weighted by atomic mass is 9.93. The van der Waals surface area contributed by atoms with Crippen molar-refractivity contribution in [1.29, 1.82) is 0 Å². The van der Waals surface area contributed by atoms with Crippen molar-refractivity contribution in [2.45, 2.75) is 31.7 Å². The van der Waals surface area contributed by atoms with Crippen molar-refractivity contribution in [2.75, 3.05) is 6.54 Å². The van der Waals surface area contributed by atoms with Crippen molar-refractivity contribution in [3.63, 3.8) is 0 Å². The molecule has 2 aromatic rings. The van der Waals surface area contributed by atoms with E-state index in [1.807, 2.05) is 24.0 Å². The van der Waals surface area contributed by atoms with Gasteiger partial charge >= 0.3 is 0 Å². The van der Waals surface area contributed by atoms with E-state index in [1.165, 1.54) is 23.7 Å². The van der Waals surface area contributed by atoms with E-state index in [-0.39, 0.29) is 5.82 Å². The lowest BCUT2D eigenvalue weighted by Gasteiger charge is -2.24. The van der Waals surface area contributed by atoms with Crippen LogP contribution < -0.4 is 5.32 Å². The molecule has 3 rings (SSSR count).